The summed E-state index contributed by atoms with van der Waals surface area (Å²) >= 11 is 0. The van der Waals surface area contributed by atoms with E-state index in [2.05, 4.69) is 260 Å². The second-order valence-corrected chi connectivity index (χ2v) is 30.4. The van der Waals surface area contributed by atoms with Crippen molar-refractivity contribution >= 4 is 32.6 Å². The van der Waals surface area contributed by atoms with Crippen LogP contribution in [0.1, 0.15) is 33.3 Å². The number of hydrogen-bond acceptors (Lipinski definition) is 7. The molecule has 0 bridgehead atoms. The Morgan fingerprint density at radius 1 is 0.237 bits per heavy atom. The molecule has 8 heterocycles. The van der Waals surface area contributed by atoms with Gasteiger partial charge in [-0.2, -0.15) is 0 Å². The number of aryl methyl sites for hydroxylation is 4. The largest absolute Gasteiger partial charge is 0.327 e. The van der Waals surface area contributed by atoms with Gasteiger partial charge in [-0.05, 0) is 160 Å². The van der Waals surface area contributed by atoms with Crippen LogP contribution in [-0.2, 0) is 101 Å². The van der Waals surface area contributed by atoms with Gasteiger partial charge >= 0.3 is 0 Å². The summed E-state index contributed by atoms with van der Waals surface area (Å²) in [4.78, 5) is 30.9. The smallest absolute Gasteiger partial charge is 0.0629 e. The van der Waals surface area contributed by atoms with E-state index in [1.54, 1.807) is 25.5 Å². The molecule has 0 atom stereocenters. The number of pyridine rings is 7. The van der Waals surface area contributed by atoms with Gasteiger partial charge in [0.05, 0.1) is 16.5 Å². The molecule has 5 radical (unpaired) electrons. The normalized spacial score (nSPS) is 10.5. The number of hydrogen-bond donors (Lipinski definition) is 0. The molecule has 22 aromatic rings. The Hall–Kier alpha value is -13.6. The van der Waals surface area contributed by atoms with Gasteiger partial charge in [0.1, 0.15) is 0 Å². The molecule has 135 heavy (non-hydrogen) atoms. The summed E-state index contributed by atoms with van der Waals surface area (Å²) in [6.45, 7) is 10.0. The van der Waals surface area contributed by atoms with Crippen LogP contribution >= 0.6 is 0 Å². The monoisotopic (exact) mass is 2640 g/mol. The van der Waals surface area contributed by atoms with E-state index in [1.165, 1.54) is 71.9 Å². The molecule has 0 amide bonds. The summed E-state index contributed by atoms with van der Waals surface area (Å²) < 4.78 is 34.5. The molecule has 14 aromatic carbocycles. The quantitative estimate of drug-likeness (QED) is 0.112. The summed E-state index contributed by atoms with van der Waals surface area (Å²) in [5.74, 6) is 0. The van der Waals surface area contributed by atoms with Gasteiger partial charge in [0.2, 0.25) is 0 Å². The molecule has 0 aliphatic carbocycles. The first-order valence-corrected chi connectivity index (χ1v) is 42.9. The molecule has 0 aliphatic rings. The first kappa shape index (κ1) is 96.0. The second kappa shape index (κ2) is 52.2. The van der Waals surface area contributed by atoms with Crippen molar-refractivity contribution in [3.8, 4) is 129 Å². The van der Waals surface area contributed by atoms with Crippen LogP contribution in [0.25, 0.3) is 162 Å². The number of benzene rings is 14. The maximum atomic E-state index is 8.31. The van der Waals surface area contributed by atoms with E-state index in [0.29, 0.717) is 16.7 Å². The van der Waals surface area contributed by atoms with E-state index in [1.807, 2.05) is 268 Å². The molecule has 0 spiro atoms. The van der Waals surface area contributed by atoms with Gasteiger partial charge in [0, 0.05) is 166 Å². The van der Waals surface area contributed by atoms with E-state index in [4.69, 9.17) is 5.48 Å². The van der Waals surface area contributed by atoms with Gasteiger partial charge in [-0.25, -0.2) is 0 Å². The molecular weight excluding hydrogens is 2540 g/mol. The second-order valence-electron chi connectivity index (χ2n) is 30.4. The molecule has 0 saturated carbocycles. The SMILES string of the molecule is Cc1cc(-c2[c-]cccc2)ncc1-c1ccccc1.Cc1cc(-c2ccccn2)[c-]cc1-c1ccccc1.Cc1ccccc1-c1ccnc(-c2[c-]cccc2)c1.[2H]c1c([2H])c([2H])c(-c2cnc(-c3[c-]ccc4ccccc34)cc2C)c(C)c1[2H].[Ir].[Ir].[Ir].[Ir].[Ir].[c-]1ccc(-n2c3ccccc3c3ccccc32)cc1-c1ccccn1.[c-]1ccccc1-c1ccccn1.[c-]1ccccc1-c1ccccn1. The topological polar surface area (TPSA) is 95.2 Å². The molecule has 13 heteroatoms. The van der Waals surface area contributed by atoms with Crippen LogP contribution in [0.4, 0.5) is 0 Å². The zero-order valence-electron chi connectivity index (χ0n) is 78.3. The first-order chi connectivity index (χ1) is 65.8. The van der Waals surface area contributed by atoms with Crippen molar-refractivity contribution in [1.82, 2.24) is 39.5 Å². The fraction of sp³-hybridized carbons (Fsp3) is 0.0410. The first-order valence-electron chi connectivity index (χ1n) is 44.9. The van der Waals surface area contributed by atoms with Crippen molar-refractivity contribution in [2.45, 2.75) is 34.6 Å². The Bertz CT molecular complexity index is 7290. The van der Waals surface area contributed by atoms with Crippen LogP contribution in [-0.4, -0.2) is 39.5 Å². The molecule has 0 N–H and O–H groups in total. The van der Waals surface area contributed by atoms with Gasteiger partial charge in [0.25, 0.3) is 0 Å². The van der Waals surface area contributed by atoms with Gasteiger partial charge in [0.15, 0.2) is 0 Å². The number of aromatic nitrogens is 8. The summed E-state index contributed by atoms with van der Waals surface area (Å²) in [5.41, 5.74) is 30.9. The van der Waals surface area contributed by atoms with Gasteiger partial charge in [-0.3, -0.25) is 0 Å². The minimum absolute atomic E-state index is 0. The number of nitrogens with zero attached hydrogens (tertiary/aromatic N) is 8. The van der Waals surface area contributed by atoms with Crippen LogP contribution < -0.4 is 0 Å². The van der Waals surface area contributed by atoms with Crippen molar-refractivity contribution in [1.29, 1.82) is 0 Å². The minimum Gasteiger partial charge on any atom is -0.327 e. The maximum Gasteiger partial charge on any atom is 0.0629 e. The Labute approximate surface area is 865 Å². The third kappa shape index (κ3) is 26.9. The van der Waals surface area contributed by atoms with Crippen molar-refractivity contribution in [3.63, 3.8) is 0 Å². The van der Waals surface area contributed by atoms with E-state index < -0.39 is 0 Å². The minimum atomic E-state index is -0.225. The van der Waals surface area contributed by atoms with E-state index in [-0.39, 0.29) is 125 Å². The Balaban J connectivity index is 0.000000157. The summed E-state index contributed by atoms with van der Waals surface area (Å²) in [5, 5.41) is 4.73. The predicted molar refractivity (Wildman–Crippen MR) is 537 cm³/mol. The van der Waals surface area contributed by atoms with E-state index >= 15 is 0 Å². The maximum absolute atomic E-state index is 8.31. The van der Waals surface area contributed by atoms with Crippen molar-refractivity contribution < 1.29 is 106 Å². The van der Waals surface area contributed by atoms with Gasteiger partial charge in [-0.15, -0.1) is 232 Å². The zero-order chi connectivity index (χ0) is 92.3. The third-order valence-corrected chi connectivity index (χ3v) is 21.7. The van der Waals surface area contributed by atoms with E-state index in [9.17, 15) is 0 Å². The molecule has 0 fully saturated rings. The average Bonchev–Trinajstić information content (AvgIpc) is 1.59. The van der Waals surface area contributed by atoms with Crippen molar-refractivity contribution in [2.24, 2.45) is 0 Å². The third-order valence-electron chi connectivity index (χ3n) is 21.7. The summed E-state index contributed by atoms with van der Waals surface area (Å²) in [6, 6.07) is 154. The predicted octanol–water partition coefficient (Wildman–Crippen LogP) is 30.3. The van der Waals surface area contributed by atoms with E-state index in [0.717, 1.165) is 101 Å². The van der Waals surface area contributed by atoms with Crippen LogP contribution in [0, 0.1) is 77.1 Å². The number of rotatable bonds is 12. The molecule has 8 aromatic heterocycles. The summed E-state index contributed by atoms with van der Waals surface area (Å²) in [6.07, 6.45) is 12.7. The molecule has 671 valence electrons. The van der Waals surface area contributed by atoms with Crippen molar-refractivity contribution in [3.05, 3.63) is 532 Å². The van der Waals surface area contributed by atoms with Gasteiger partial charge in [-0.1, -0.05) is 260 Å². The molecule has 8 nitrogen and oxygen atoms in total. The average molecular weight is 2630 g/mol. The number of para-hydroxylation sites is 2. The van der Waals surface area contributed by atoms with Gasteiger partial charge < -0.3 is 39.5 Å². The standard InChI is InChI=1S/C23H15N2.C23H18N.3C18H14N.2C11H8N.5Ir/c1-3-13-22-19(10-1)20-11-2-4-14-23(20)25(22)18-9-7-8-17(16-18)21-12-5-6-15-24-21;1-16-8-3-5-11-19(16)22-15-24-23(14-17(22)2)21-13-7-10-18-9-4-6-12-20(18)21;1-14-12-18(16-10-6-3-7-11-16)19-13-17(14)15-8-4-2-5-9-15;1-14-7-5-6-10-17(14)16-11-12-19-18(13-16)15-8-3-2-4-9-15;1-14-13-16(18-9-5-6-12-19-18)10-11-17(14)15-7-3-2-4-8-15;2*1-2-6-10(7-3-1)11-8-4-5-9-12-11;;;;;/h1-7,9-16H;3-12,14-15H,1-2H3;2-10,12-13H,1H3;2-8,10-13H,1H3;2-9,11-13H,1H3;2*1-6,8-9H;;;;;/q7*-1;;;;;/i;3D,5D,8D,11D;;;;;;;;;;. The van der Waals surface area contributed by atoms with Crippen molar-refractivity contribution in [2.75, 3.05) is 0 Å². The Morgan fingerprint density at radius 2 is 0.644 bits per heavy atom. The molecule has 0 saturated heterocycles. The molecule has 0 unspecified atom stereocenters. The molecule has 22 rings (SSSR count). The van der Waals surface area contributed by atoms with Crippen LogP contribution in [0.5, 0.6) is 0 Å². The number of fused-ring (bicyclic) bond motifs is 4. The molecule has 0 aliphatic heterocycles. The molecular formula is C122H91Ir5N8-7. The zero-order valence-corrected chi connectivity index (χ0v) is 86.3. The fourth-order valence-corrected chi connectivity index (χ4v) is 15.2. The summed E-state index contributed by atoms with van der Waals surface area (Å²) in [7, 11) is 0. The Morgan fingerprint density at radius 3 is 1.16 bits per heavy atom. The fourth-order valence-electron chi connectivity index (χ4n) is 15.2. The Kier molecular flexibility index (Phi) is 37.1. The van der Waals surface area contributed by atoms with Crippen LogP contribution in [0.15, 0.2) is 462 Å². The van der Waals surface area contributed by atoms with Crippen LogP contribution in [0.3, 0.4) is 0 Å². The van der Waals surface area contributed by atoms with Crippen LogP contribution in [0.2, 0.25) is 0 Å².